The quantitative estimate of drug-likeness (QED) is 0.802. The van der Waals surface area contributed by atoms with Crippen molar-refractivity contribution in [1.82, 2.24) is 9.97 Å². The van der Waals surface area contributed by atoms with Crippen LogP contribution in [0, 0.1) is 3.57 Å². The standard InChI is InChI=1S/C9H11IN2O2/c1-5-2-3-7(14-5)8-11-4-6(10)9(13)12-8/h4-5,7H,2-3H2,1H3,(H,11,12,13). The fraction of sp³-hybridized carbons (Fsp3) is 0.556. The average molecular weight is 306 g/mol. The molecule has 0 bridgehead atoms. The number of rotatable bonds is 1. The smallest absolute Gasteiger partial charge is 0.264 e. The lowest BCUT2D eigenvalue weighted by Gasteiger charge is -2.09. The number of halogens is 1. The molecule has 0 amide bonds. The highest BCUT2D eigenvalue weighted by Crippen LogP contribution is 2.29. The van der Waals surface area contributed by atoms with Crippen molar-refractivity contribution in [2.45, 2.75) is 32.0 Å². The Bertz CT molecular complexity index is 391. The largest absolute Gasteiger partial charge is 0.367 e. The minimum absolute atomic E-state index is 0.0327. The summed E-state index contributed by atoms with van der Waals surface area (Å²) in [5, 5.41) is 0. The Kier molecular flexibility index (Phi) is 2.87. The van der Waals surface area contributed by atoms with Crippen molar-refractivity contribution in [2.75, 3.05) is 0 Å². The van der Waals surface area contributed by atoms with Gasteiger partial charge in [0.15, 0.2) is 0 Å². The van der Waals surface area contributed by atoms with Gasteiger partial charge in [-0.2, -0.15) is 0 Å². The lowest BCUT2D eigenvalue weighted by molar-refractivity contribution is 0.0501. The van der Waals surface area contributed by atoms with E-state index in [1.807, 2.05) is 29.5 Å². The van der Waals surface area contributed by atoms with E-state index >= 15 is 0 Å². The number of ether oxygens (including phenoxy) is 1. The van der Waals surface area contributed by atoms with E-state index in [1.54, 1.807) is 6.20 Å². The zero-order valence-corrected chi connectivity index (χ0v) is 9.95. The van der Waals surface area contributed by atoms with E-state index in [9.17, 15) is 4.79 Å². The molecule has 1 aromatic rings. The number of aromatic nitrogens is 2. The number of hydrogen-bond acceptors (Lipinski definition) is 3. The Hall–Kier alpha value is -0.430. The normalized spacial score (nSPS) is 26.7. The van der Waals surface area contributed by atoms with Gasteiger partial charge < -0.3 is 9.72 Å². The van der Waals surface area contributed by atoms with E-state index in [1.165, 1.54) is 0 Å². The van der Waals surface area contributed by atoms with E-state index in [0.29, 0.717) is 9.39 Å². The first kappa shape index (κ1) is 10.1. The van der Waals surface area contributed by atoms with Crippen molar-refractivity contribution < 1.29 is 4.74 Å². The van der Waals surface area contributed by atoms with Gasteiger partial charge in [0.25, 0.3) is 5.56 Å². The Labute approximate surface area is 95.2 Å². The van der Waals surface area contributed by atoms with Crippen LogP contribution in [-0.2, 0) is 4.74 Å². The minimum atomic E-state index is -0.0845. The number of nitrogens with zero attached hydrogens (tertiary/aromatic N) is 1. The van der Waals surface area contributed by atoms with Gasteiger partial charge in [-0.3, -0.25) is 4.79 Å². The van der Waals surface area contributed by atoms with Gasteiger partial charge in [-0.1, -0.05) is 0 Å². The first-order chi connectivity index (χ1) is 6.66. The molecule has 1 fully saturated rings. The second-order valence-corrected chi connectivity index (χ2v) is 4.62. The topological polar surface area (TPSA) is 55.0 Å². The second kappa shape index (κ2) is 3.98. The highest BCUT2D eigenvalue weighted by molar-refractivity contribution is 14.1. The highest BCUT2D eigenvalue weighted by atomic mass is 127. The number of hydrogen-bond donors (Lipinski definition) is 1. The van der Waals surface area contributed by atoms with Gasteiger partial charge >= 0.3 is 0 Å². The predicted octanol–water partition coefficient (Wildman–Crippen LogP) is 1.61. The molecule has 2 heterocycles. The molecular weight excluding hydrogens is 295 g/mol. The monoisotopic (exact) mass is 306 g/mol. The van der Waals surface area contributed by atoms with Crippen molar-refractivity contribution in [3.8, 4) is 0 Å². The molecule has 4 nitrogen and oxygen atoms in total. The lowest BCUT2D eigenvalue weighted by atomic mass is 10.2. The summed E-state index contributed by atoms with van der Waals surface area (Å²) in [5.41, 5.74) is -0.0845. The fourth-order valence-corrected chi connectivity index (χ4v) is 1.83. The molecule has 0 spiro atoms. The summed E-state index contributed by atoms with van der Waals surface area (Å²) in [4.78, 5) is 18.2. The Morgan fingerprint density at radius 3 is 3.00 bits per heavy atom. The summed E-state index contributed by atoms with van der Waals surface area (Å²) >= 11 is 1.96. The molecule has 1 N–H and O–H groups in total. The Morgan fingerprint density at radius 1 is 1.64 bits per heavy atom. The molecule has 1 saturated heterocycles. The van der Waals surface area contributed by atoms with Crippen molar-refractivity contribution in [1.29, 1.82) is 0 Å². The fourth-order valence-electron chi connectivity index (χ4n) is 1.56. The van der Waals surface area contributed by atoms with Crippen molar-refractivity contribution in [3.05, 3.63) is 25.9 Å². The molecule has 2 rings (SSSR count). The van der Waals surface area contributed by atoms with Crippen LogP contribution in [0.3, 0.4) is 0 Å². The van der Waals surface area contributed by atoms with Gasteiger partial charge in [-0.05, 0) is 42.4 Å². The molecule has 76 valence electrons. The number of nitrogens with one attached hydrogen (secondary N) is 1. The molecule has 14 heavy (non-hydrogen) atoms. The SMILES string of the molecule is CC1CCC(c2ncc(I)c(=O)[nH]2)O1. The van der Waals surface area contributed by atoms with Gasteiger partial charge in [0.05, 0.1) is 9.67 Å². The average Bonchev–Trinajstić information content (AvgIpc) is 2.57. The highest BCUT2D eigenvalue weighted by Gasteiger charge is 2.25. The summed E-state index contributed by atoms with van der Waals surface area (Å²) in [6.45, 7) is 2.03. The van der Waals surface area contributed by atoms with Crippen molar-refractivity contribution in [3.63, 3.8) is 0 Å². The summed E-state index contributed by atoms with van der Waals surface area (Å²) < 4.78 is 6.22. The van der Waals surface area contributed by atoms with E-state index < -0.39 is 0 Å². The van der Waals surface area contributed by atoms with Crippen LogP contribution < -0.4 is 5.56 Å². The molecular formula is C9H11IN2O2. The molecule has 2 atom stereocenters. The summed E-state index contributed by atoms with van der Waals surface area (Å²) in [7, 11) is 0. The number of H-pyrrole nitrogens is 1. The maximum absolute atomic E-state index is 11.3. The van der Waals surface area contributed by atoms with Crippen LogP contribution in [0.2, 0.25) is 0 Å². The van der Waals surface area contributed by atoms with Crippen LogP contribution in [-0.4, -0.2) is 16.1 Å². The maximum atomic E-state index is 11.3. The van der Waals surface area contributed by atoms with E-state index in [4.69, 9.17) is 4.74 Å². The minimum Gasteiger partial charge on any atom is -0.367 e. The lowest BCUT2D eigenvalue weighted by Crippen LogP contribution is -2.16. The third-order valence-electron chi connectivity index (χ3n) is 2.31. The Morgan fingerprint density at radius 2 is 2.43 bits per heavy atom. The maximum Gasteiger partial charge on any atom is 0.264 e. The second-order valence-electron chi connectivity index (χ2n) is 3.46. The van der Waals surface area contributed by atoms with Crippen LogP contribution in [0.25, 0.3) is 0 Å². The molecule has 1 aromatic heterocycles. The molecule has 0 radical (unpaired) electrons. The molecule has 1 aliphatic heterocycles. The van der Waals surface area contributed by atoms with Crippen LogP contribution in [0.1, 0.15) is 31.7 Å². The van der Waals surface area contributed by atoms with E-state index in [2.05, 4.69) is 9.97 Å². The summed E-state index contributed by atoms with van der Waals surface area (Å²) in [6.07, 6.45) is 3.78. The van der Waals surface area contributed by atoms with Crippen molar-refractivity contribution in [2.24, 2.45) is 0 Å². The first-order valence-corrected chi connectivity index (χ1v) is 5.65. The van der Waals surface area contributed by atoms with Crippen LogP contribution in [0.4, 0.5) is 0 Å². The third kappa shape index (κ3) is 1.98. The Balaban J connectivity index is 2.25. The molecule has 1 aliphatic rings. The van der Waals surface area contributed by atoms with Gasteiger partial charge in [0.1, 0.15) is 11.9 Å². The zero-order chi connectivity index (χ0) is 10.1. The third-order valence-corrected chi connectivity index (χ3v) is 3.08. The van der Waals surface area contributed by atoms with E-state index in [0.717, 1.165) is 12.8 Å². The number of aromatic amines is 1. The van der Waals surface area contributed by atoms with Gasteiger partial charge in [-0.15, -0.1) is 0 Å². The molecule has 0 aromatic carbocycles. The van der Waals surface area contributed by atoms with E-state index in [-0.39, 0.29) is 17.8 Å². The van der Waals surface area contributed by atoms with Crippen LogP contribution >= 0.6 is 22.6 Å². The molecule has 5 heteroatoms. The van der Waals surface area contributed by atoms with Crippen molar-refractivity contribution >= 4 is 22.6 Å². The van der Waals surface area contributed by atoms with Gasteiger partial charge in [0.2, 0.25) is 0 Å². The first-order valence-electron chi connectivity index (χ1n) is 4.57. The zero-order valence-electron chi connectivity index (χ0n) is 7.79. The molecule has 0 saturated carbocycles. The summed E-state index contributed by atoms with van der Waals surface area (Å²) in [5.74, 6) is 0.653. The van der Waals surface area contributed by atoms with Crippen LogP contribution in [0.15, 0.2) is 11.0 Å². The summed E-state index contributed by atoms with van der Waals surface area (Å²) in [6, 6.07) is 0. The molecule has 0 aliphatic carbocycles. The van der Waals surface area contributed by atoms with Crippen LogP contribution in [0.5, 0.6) is 0 Å². The predicted molar refractivity (Wildman–Crippen MR) is 60.1 cm³/mol. The van der Waals surface area contributed by atoms with Gasteiger partial charge in [-0.25, -0.2) is 4.98 Å². The molecule has 2 unspecified atom stereocenters. The van der Waals surface area contributed by atoms with Gasteiger partial charge in [0, 0.05) is 6.20 Å².